The molecule has 1 aliphatic heterocycles. The van der Waals surface area contributed by atoms with E-state index in [0.717, 1.165) is 25.2 Å². The van der Waals surface area contributed by atoms with E-state index >= 15 is 0 Å². The number of nitrogens with zero attached hydrogens (tertiary/aromatic N) is 3. The van der Waals surface area contributed by atoms with E-state index in [1.54, 1.807) is 23.6 Å². The van der Waals surface area contributed by atoms with Gasteiger partial charge in [0.15, 0.2) is 5.13 Å². The minimum Gasteiger partial charge on any atom is -0.339 e. The minimum absolute atomic E-state index is 0.0720. The summed E-state index contributed by atoms with van der Waals surface area (Å²) in [6.07, 6.45) is 0.409. The maximum atomic E-state index is 13.4. The highest BCUT2D eigenvalue weighted by atomic mass is 35.5. The van der Waals surface area contributed by atoms with Gasteiger partial charge in [-0.25, -0.2) is 4.98 Å². The quantitative estimate of drug-likeness (QED) is 0.440. The van der Waals surface area contributed by atoms with Gasteiger partial charge in [0.05, 0.1) is 15.7 Å². The minimum atomic E-state index is -0.682. The largest absolute Gasteiger partial charge is 0.339 e. The van der Waals surface area contributed by atoms with Gasteiger partial charge in [0.1, 0.15) is 11.7 Å². The molecule has 35 heavy (non-hydrogen) atoms. The first-order chi connectivity index (χ1) is 16.9. The molecule has 1 aliphatic rings. The Balaban J connectivity index is 1.47. The molecule has 1 saturated heterocycles. The summed E-state index contributed by atoms with van der Waals surface area (Å²) in [7, 11) is 0. The number of hydrogen-bond acceptors (Lipinski definition) is 6. The Labute approximate surface area is 219 Å². The number of anilines is 2. The predicted molar refractivity (Wildman–Crippen MR) is 142 cm³/mol. The lowest BCUT2D eigenvalue weighted by Gasteiger charge is -2.36. The maximum Gasteiger partial charge on any atom is 0.271 e. The maximum absolute atomic E-state index is 13.4. The number of halogens is 2. The van der Waals surface area contributed by atoms with Crippen molar-refractivity contribution >= 4 is 57.2 Å². The van der Waals surface area contributed by atoms with Crippen LogP contribution in [0.25, 0.3) is 0 Å². The van der Waals surface area contributed by atoms with Crippen LogP contribution in [0.5, 0.6) is 0 Å². The molecule has 1 aromatic heterocycles. The number of benzene rings is 2. The summed E-state index contributed by atoms with van der Waals surface area (Å²) < 4.78 is 0. The van der Waals surface area contributed by atoms with Gasteiger partial charge in [-0.2, -0.15) is 0 Å². The summed E-state index contributed by atoms with van der Waals surface area (Å²) in [6.45, 7) is 6.06. The zero-order valence-electron chi connectivity index (χ0n) is 19.3. The van der Waals surface area contributed by atoms with Crippen molar-refractivity contribution in [2.45, 2.75) is 19.4 Å². The predicted octanol–water partition coefficient (Wildman–Crippen LogP) is 4.70. The molecule has 0 bridgehead atoms. The zero-order chi connectivity index (χ0) is 24.8. The molecule has 184 valence electrons. The van der Waals surface area contributed by atoms with Crippen LogP contribution in [0.2, 0.25) is 10.0 Å². The van der Waals surface area contributed by atoms with Crippen molar-refractivity contribution in [3.8, 4) is 0 Å². The Morgan fingerprint density at radius 2 is 1.80 bits per heavy atom. The summed E-state index contributed by atoms with van der Waals surface area (Å²) in [5.41, 5.74) is 1.82. The number of thiazole rings is 1. The van der Waals surface area contributed by atoms with E-state index in [4.69, 9.17) is 23.2 Å². The molecule has 0 aliphatic carbocycles. The number of piperazine rings is 1. The van der Waals surface area contributed by atoms with Crippen LogP contribution in [0, 0.1) is 0 Å². The van der Waals surface area contributed by atoms with Crippen LogP contribution in [0.15, 0.2) is 53.9 Å². The van der Waals surface area contributed by atoms with E-state index in [0.29, 0.717) is 40.4 Å². The van der Waals surface area contributed by atoms with Crippen LogP contribution in [0.1, 0.15) is 23.0 Å². The third kappa shape index (κ3) is 6.52. The molecule has 2 heterocycles. The molecule has 10 heteroatoms. The Morgan fingerprint density at radius 3 is 2.51 bits per heavy atom. The molecule has 1 atom stereocenters. The van der Waals surface area contributed by atoms with Gasteiger partial charge >= 0.3 is 0 Å². The highest BCUT2D eigenvalue weighted by molar-refractivity contribution is 7.14. The molecule has 2 amide bonds. The van der Waals surface area contributed by atoms with E-state index in [1.807, 2.05) is 35.2 Å². The Morgan fingerprint density at radius 1 is 1.06 bits per heavy atom. The van der Waals surface area contributed by atoms with E-state index in [1.165, 1.54) is 11.3 Å². The highest BCUT2D eigenvalue weighted by Crippen LogP contribution is 2.32. The standard InChI is InChI=1S/C25H27Cl2N5O2S/c1-2-31-11-13-32(14-12-31)24(34)20(15-17-7-4-3-5-8-17)28-23(33)21-16-35-25(30-21)29-19-10-6-9-18(26)22(19)27/h3-10,16,20H,2,11-15H2,1H3,(H,28,33)(H,29,30)/t20-/m1/s1. The summed E-state index contributed by atoms with van der Waals surface area (Å²) >= 11 is 13.6. The second-order valence-electron chi connectivity index (χ2n) is 8.24. The van der Waals surface area contributed by atoms with Crippen molar-refractivity contribution in [3.05, 3.63) is 75.2 Å². The zero-order valence-corrected chi connectivity index (χ0v) is 21.7. The normalized spacial score (nSPS) is 15.0. The molecule has 2 N–H and O–H groups in total. The van der Waals surface area contributed by atoms with Gasteiger partial charge < -0.3 is 20.4 Å². The molecule has 0 radical (unpaired) electrons. The van der Waals surface area contributed by atoms with Crippen molar-refractivity contribution < 1.29 is 9.59 Å². The van der Waals surface area contributed by atoms with Crippen LogP contribution in [-0.2, 0) is 11.2 Å². The molecule has 4 rings (SSSR count). The number of carbonyl (C=O) groups excluding carboxylic acids is 2. The second kappa shape index (κ2) is 11.9. The topological polar surface area (TPSA) is 77.6 Å². The summed E-state index contributed by atoms with van der Waals surface area (Å²) in [5.74, 6) is -0.467. The first-order valence-electron chi connectivity index (χ1n) is 11.5. The number of aromatic nitrogens is 1. The number of amides is 2. The van der Waals surface area contributed by atoms with Crippen molar-refractivity contribution in [2.24, 2.45) is 0 Å². The van der Waals surface area contributed by atoms with E-state index in [2.05, 4.69) is 27.4 Å². The number of rotatable bonds is 8. The number of carbonyl (C=O) groups is 2. The monoisotopic (exact) mass is 531 g/mol. The lowest BCUT2D eigenvalue weighted by atomic mass is 10.0. The fourth-order valence-corrected chi connectivity index (χ4v) is 4.99. The molecule has 2 aromatic carbocycles. The number of hydrogen-bond donors (Lipinski definition) is 2. The van der Waals surface area contributed by atoms with Gasteiger partial charge in [-0.05, 0) is 24.2 Å². The molecule has 0 spiro atoms. The highest BCUT2D eigenvalue weighted by Gasteiger charge is 2.29. The van der Waals surface area contributed by atoms with Crippen LogP contribution in [0.3, 0.4) is 0 Å². The van der Waals surface area contributed by atoms with Gasteiger partial charge in [0.2, 0.25) is 5.91 Å². The summed E-state index contributed by atoms with van der Waals surface area (Å²) in [4.78, 5) is 35.1. The average molecular weight is 532 g/mol. The van der Waals surface area contributed by atoms with Crippen molar-refractivity contribution in [1.29, 1.82) is 0 Å². The fraction of sp³-hybridized carbons (Fsp3) is 0.320. The lowest BCUT2D eigenvalue weighted by molar-refractivity contribution is -0.135. The average Bonchev–Trinajstić information content (AvgIpc) is 3.35. The van der Waals surface area contributed by atoms with Crippen molar-refractivity contribution in [2.75, 3.05) is 38.0 Å². The fourth-order valence-electron chi connectivity index (χ4n) is 3.94. The van der Waals surface area contributed by atoms with E-state index in [9.17, 15) is 9.59 Å². The molecular weight excluding hydrogens is 505 g/mol. The Bertz CT molecular complexity index is 1170. The van der Waals surface area contributed by atoms with Crippen molar-refractivity contribution in [3.63, 3.8) is 0 Å². The number of likely N-dealkylation sites (N-methyl/N-ethyl adjacent to an activating group) is 1. The molecule has 3 aromatic rings. The number of nitrogens with one attached hydrogen (secondary N) is 2. The van der Waals surface area contributed by atoms with Gasteiger partial charge in [0.25, 0.3) is 5.91 Å². The smallest absolute Gasteiger partial charge is 0.271 e. The van der Waals surface area contributed by atoms with E-state index in [-0.39, 0.29) is 11.6 Å². The molecule has 0 unspecified atom stereocenters. The molecule has 0 saturated carbocycles. The lowest BCUT2D eigenvalue weighted by Crippen LogP contribution is -2.55. The molecule has 1 fully saturated rings. The van der Waals surface area contributed by atoms with Crippen LogP contribution < -0.4 is 10.6 Å². The van der Waals surface area contributed by atoms with Crippen LogP contribution in [0.4, 0.5) is 10.8 Å². The second-order valence-corrected chi connectivity index (χ2v) is 9.88. The van der Waals surface area contributed by atoms with Gasteiger partial charge in [-0.15, -0.1) is 11.3 Å². The summed E-state index contributed by atoms with van der Waals surface area (Å²) in [6, 6.07) is 14.3. The first kappa shape index (κ1) is 25.4. The third-order valence-corrected chi connectivity index (χ3v) is 7.52. The Kier molecular flexibility index (Phi) is 8.62. The van der Waals surface area contributed by atoms with E-state index < -0.39 is 11.9 Å². The van der Waals surface area contributed by atoms with Crippen LogP contribution in [-0.4, -0.2) is 65.4 Å². The third-order valence-electron chi connectivity index (χ3n) is 5.95. The van der Waals surface area contributed by atoms with Gasteiger partial charge in [-0.1, -0.05) is 66.5 Å². The van der Waals surface area contributed by atoms with Gasteiger partial charge in [-0.3, -0.25) is 9.59 Å². The van der Waals surface area contributed by atoms with Gasteiger partial charge in [0, 0.05) is 38.0 Å². The summed E-state index contributed by atoms with van der Waals surface area (Å²) in [5, 5.41) is 8.98. The first-order valence-corrected chi connectivity index (χ1v) is 13.1. The van der Waals surface area contributed by atoms with Crippen LogP contribution >= 0.6 is 34.5 Å². The molecule has 7 nitrogen and oxygen atoms in total. The van der Waals surface area contributed by atoms with Crippen molar-refractivity contribution in [1.82, 2.24) is 20.1 Å². The Hall–Kier alpha value is -2.65. The molecular formula is C25H27Cl2N5O2S. The SMILES string of the molecule is CCN1CCN(C(=O)[C@@H](Cc2ccccc2)NC(=O)c2csc(Nc3cccc(Cl)c3Cl)n2)CC1.